The van der Waals surface area contributed by atoms with Gasteiger partial charge in [0.25, 0.3) is 0 Å². The van der Waals surface area contributed by atoms with Crippen LogP contribution < -0.4 is 14.2 Å². The van der Waals surface area contributed by atoms with Gasteiger partial charge in [0, 0.05) is 102 Å². The van der Waals surface area contributed by atoms with Gasteiger partial charge in [-0.3, -0.25) is 28.8 Å². The lowest BCUT2D eigenvalue weighted by Gasteiger charge is -2.09. The second-order valence-electron chi connectivity index (χ2n) is 30.8. The van der Waals surface area contributed by atoms with Crippen molar-refractivity contribution in [3.8, 4) is 51.2 Å². The molecule has 0 saturated carbocycles. The molecule has 7 aromatic carbocycles. The average molecular weight is 1690 g/mol. The molecule has 1 atom stereocenters. The number of alkyl halides is 3. The standard InChI is InChI=1S/C36H45FO3.C30H36N2O3.C28H32N2O3.C7H16O.C2H3F3.C2H6/c1-3-5-7-9-11-13-15-35(38)33-25-22-31(27-34(33)37)36(39)30-18-16-28(17-19-30)29-20-23-32(24-21-29)40-26-14-12-10-8-6-4-2;1-3-5-7-8-9-10-20-35-27-18-16-25(17-19-27)30-31-21-26(22-32-30)29(34)24-14-12-23(13-15-24)28(33)11-6-4-2;1-3-5-6-7-8-9-18-33-25-16-14-23(15-17-25)28-29-19-24(20-30-28)27(32)22-12-10-21(11-13-22)26(31)4-2;1-3-7(2)5-4-6-8;1-2(3,4)5;1-2/h16-25,27H,3-15,26H2,1-2H3;12-19,21-22H,3-11,20H2,1-2H3;10-17,19-20H,3-9,18H2,1-2H3;7-8H,3-6H2,1-2H3;1H3;1-2H3. The number of rotatable bonds is 51. The summed E-state index contributed by atoms with van der Waals surface area (Å²) in [5, 5.41) is 8.41. The molecule has 1 unspecified atom stereocenters. The largest absolute Gasteiger partial charge is 0.494 e. The van der Waals surface area contributed by atoms with Gasteiger partial charge in [0.05, 0.1) is 36.5 Å². The predicted molar refractivity (Wildman–Crippen MR) is 493 cm³/mol. The van der Waals surface area contributed by atoms with Crippen LogP contribution in [0.1, 0.15) is 360 Å². The first-order valence-electron chi connectivity index (χ1n) is 45.4. The Morgan fingerprint density at radius 1 is 0.350 bits per heavy atom. The molecule has 9 aromatic rings. The van der Waals surface area contributed by atoms with Gasteiger partial charge < -0.3 is 19.3 Å². The van der Waals surface area contributed by atoms with Gasteiger partial charge in [-0.05, 0) is 135 Å². The van der Waals surface area contributed by atoms with Gasteiger partial charge in [0.15, 0.2) is 46.3 Å². The normalized spacial score (nSPS) is 11.0. The fourth-order valence-electron chi connectivity index (χ4n) is 12.9. The quantitative estimate of drug-likeness (QED) is 0.0214. The molecule has 0 fully saturated rings. The molecule has 2 aromatic heterocycles. The van der Waals surface area contributed by atoms with Crippen molar-refractivity contribution in [2.45, 2.75) is 288 Å². The van der Waals surface area contributed by atoms with E-state index in [0.29, 0.717) is 76.5 Å². The van der Waals surface area contributed by atoms with Crippen molar-refractivity contribution in [1.82, 2.24) is 19.9 Å². The third-order valence-corrected chi connectivity index (χ3v) is 20.5. The Hall–Kier alpha value is -10.2. The van der Waals surface area contributed by atoms with Crippen LogP contribution in [0.2, 0.25) is 0 Å². The Bertz CT molecular complexity index is 4380. The van der Waals surface area contributed by atoms with Crippen molar-refractivity contribution < 1.29 is 65.6 Å². The Morgan fingerprint density at radius 3 is 0.984 bits per heavy atom. The number of nitrogens with zero attached hydrogens (tertiary/aromatic N) is 4. The van der Waals surface area contributed by atoms with Gasteiger partial charge >= 0.3 is 6.18 Å². The van der Waals surface area contributed by atoms with E-state index in [1.165, 1.54) is 141 Å². The van der Waals surface area contributed by atoms with Gasteiger partial charge in [-0.25, -0.2) is 24.3 Å². The number of aliphatic hydroxyl groups excluding tert-OH is 1. The van der Waals surface area contributed by atoms with Crippen molar-refractivity contribution in [3.05, 3.63) is 244 Å². The van der Waals surface area contributed by atoms with E-state index in [1.807, 2.05) is 106 Å². The SMILES string of the molecule is CC.CC(F)(F)F.CCC(C)CCCO.CCCCCCCCOc1ccc(-c2ccc(C(=O)c3ccc(C(=O)CCCCCCCC)c(F)c3)cc2)cc1.CCCCCCCCOc1ccc(-c2ncc(C(=O)c3ccc(C(=O)CC)cc3)cn2)cc1.CCCCCCCCOc1ccc(-c2ncc(C(=O)c3ccc(C(=O)CCCC)cc3)cn2)cc1. The van der Waals surface area contributed by atoms with Crippen LogP contribution in [0.25, 0.3) is 33.9 Å². The molecule has 666 valence electrons. The number of aromatic nitrogens is 4. The van der Waals surface area contributed by atoms with E-state index in [1.54, 1.807) is 91.5 Å². The maximum Gasteiger partial charge on any atom is 0.386 e. The first-order valence-corrected chi connectivity index (χ1v) is 45.4. The third-order valence-electron chi connectivity index (χ3n) is 20.5. The highest BCUT2D eigenvalue weighted by atomic mass is 19.4. The average Bonchev–Trinajstić information content (AvgIpc) is 0.835. The molecule has 18 heteroatoms. The molecular formula is C105H138F4N4O10. The molecule has 0 saturated heterocycles. The summed E-state index contributed by atoms with van der Waals surface area (Å²) in [5.74, 6) is 3.18. The van der Waals surface area contributed by atoms with E-state index >= 15 is 0 Å². The highest BCUT2D eigenvalue weighted by molar-refractivity contribution is 6.11. The summed E-state index contributed by atoms with van der Waals surface area (Å²) in [6, 6.07) is 48.5. The molecule has 1 N–H and O–H groups in total. The van der Waals surface area contributed by atoms with Crippen LogP contribution in [0, 0.1) is 11.7 Å². The molecule has 0 bridgehead atoms. The summed E-state index contributed by atoms with van der Waals surface area (Å²) >= 11 is 0. The maximum absolute atomic E-state index is 14.7. The summed E-state index contributed by atoms with van der Waals surface area (Å²) in [4.78, 5) is 92.4. The van der Waals surface area contributed by atoms with Crippen molar-refractivity contribution in [1.29, 1.82) is 0 Å². The molecular weight excluding hydrogens is 1550 g/mol. The first-order chi connectivity index (χ1) is 59.6. The van der Waals surface area contributed by atoms with Gasteiger partial charge in [-0.1, -0.05) is 301 Å². The number of ketones is 6. The van der Waals surface area contributed by atoms with Crippen LogP contribution in [-0.2, 0) is 0 Å². The number of benzene rings is 7. The highest BCUT2D eigenvalue weighted by Gasteiger charge is 2.20. The molecule has 0 spiro atoms. The van der Waals surface area contributed by atoms with E-state index in [0.717, 1.165) is 123 Å². The van der Waals surface area contributed by atoms with Gasteiger partial charge in [-0.2, -0.15) is 13.2 Å². The fraction of sp³-hybridized carbons (Fsp3) is 0.467. The molecule has 9 rings (SSSR count). The van der Waals surface area contributed by atoms with Crippen LogP contribution in [0.4, 0.5) is 17.6 Å². The van der Waals surface area contributed by atoms with Crippen molar-refractivity contribution in [3.63, 3.8) is 0 Å². The molecule has 123 heavy (non-hydrogen) atoms. The van der Waals surface area contributed by atoms with Crippen molar-refractivity contribution in [2.75, 3.05) is 26.4 Å². The number of aliphatic hydroxyl groups is 1. The minimum absolute atomic E-state index is 0.0560. The minimum atomic E-state index is -4.00. The van der Waals surface area contributed by atoms with E-state index in [4.69, 9.17) is 19.3 Å². The fourth-order valence-corrected chi connectivity index (χ4v) is 12.9. The topological polar surface area (TPSA) is 202 Å². The van der Waals surface area contributed by atoms with Crippen LogP contribution in [0.15, 0.2) is 189 Å². The zero-order valence-corrected chi connectivity index (χ0v) is 75.4. The first kappa shape index (κ1) is 105. The minimum Gasteiger partial charge on any atom is -0.494 e. The number of hydrogen-bond acceptors (Lipinski definition) is 14. The number of carbonyl (C=O) groups is 6. The van der Waals surface area contributed by atoms with E-state index in [9.17, 15) is 46.3 Å². The third kappa shape index (κ3) is 42.6. The summed E-state index contributed by atoms with van der Waals surface area (Å²) in [6.07, 6.45) is 37.5. The van der Waals surface area contributed by atoms with Crippen LogP contribution >= 0.6 is 0 Å². The van der Waals surface area contributed by atoms with Crippen LogP contribution in [0.5, 0.6) is 17.2 Å². The molecule has 0 radical (unpaired) electrons. The van der Waals surface area contributed by atoms with E-state index in [2.05, 4.69) is 68.4 Å². The maximum atomic E-state index is 14.7. The molecule has 0 amide bonds. The van der Waals surface area contributed by atoms with Gasteiger partial charge in [0.1, 0.15) is 23.1 Å². The number of carbonyl (C=O) groups excluding carboxylic acids is 6. The van der Waals surface area contributed by atoms with Crippen LogP contribution in [0.3, 0.4) is 0 Å². The molecule has 14 nitrogen and oxygen atoms in total. The zero-order chi connectivity index (χ0) is 89.8. The molecule has 0 aliphatic heterocycles. The lowest BCUT2D eigenvalue weighted by atomic mass is 9.97. The second-order valence-corrected chi connectivity index (χ2v) is 30.8. The number of unbranched alkanes of at least 4 members (excludes halogenated alkanes) is 21. The molecule has 0 aliphatic carbocycles. The van der Waals surface area contributed by atoms with Gasteiger partial charge in [0.2, 0.25) is 0 Å². The summed E-state index contributed by atoms with van der Waals surface area (Å²) in [7, 11) is 0. The summed E-state index contributed by atoms with van der Waals surface area (Å²) in [6.45, 7) is 23.9. The van der Waals surface area contributed by atoms with E-state index in [-0.39, 0.29) is 52.8 Å². The number of hydrogen-bond donors (Lipinski definition) is 1. The smallest absolute Gasteiger partial charge is 0.386 e. The molecule has 0 aliphatic rings. The zero-order valence-electron chi connectivity index (χ0n) is 75.4. The predicted octanol–water partition coefficient (Wildman–Crippen LogP) is 29.0. The monoisotopic (exact) mass is 1690 g/mol. The lowest BCUT2D eigenvalue weighted by molar-refractivity contribution is -0.110. The number of ether oxygens (including phenoxy) is 3. The Morgan fingerprint density at radius 2 is 0.642 bits per heavy atom. The highest BCUT2D eigenvalue weighted by Crippen LogP contribution is 2.28. The van der Waals surface area contributed by atoms with Crippen LogP contribution in [-0.4, -0.2) is 92.3 Å². The van der Waals surface area contributed by atoms with Crippen molar-refractivity contribution in [2.24, 2.45) is 5.92 Å². The Kier molecular flexibility index (Phi) is 53.7. The Labute approximate surface area is 732 Å². The summed E-state index contributed by atoms with van der Waals surface area (Å²) < 4.78 is 63.4. The van der Waals surface area contributed by atoms with Gasteiger partial charge in [-0.15, -0.1) is 0 Å². The molecule has 2 heterocycles. The van der Waals surface area contributed by atoms with E-state index < -0.39 is 12.0 Å². The number of Topliss-reactive ketones (excluding diaryl/α,β-unsaturated/α-hetero) is 3. The second kappa shape index (κ2) is 62.8. The van der Waals surface area contributed by atoms with Crippen molar-refractivity contribution >= 4 is 34.7 Å². The lowest BCUT2D eigenvalue weighted by Crippen LogP contribution is -2.06. The number of halogens is 4. The Balaban J connectivity index is 0.000000357. The summed E-state index contributed by atoms with van der Waals surface area (Å²) in [5.41, 5.74) is 7.64.